The van der Waals surface area contributed by atoms with Crippen LogP contribution in [-0.2, 0) is 21.5 Å². The Kier molecular flexibility index (Phi) is 7.73. The zero-order chi connectivity index (χ0) is 19.2. The number of amides is 1. The van der Waals surface area contributed by atoms with E-state index in [9.17, 15) is 13.2 Å². The molecular weight excluding hydrogens is 342 g/mol. The Morgan fingerprint density at radius 3 is 2.24 bits per heavy atom. The molecule has 0 atom stereocenters. The van der Waals surface area contributed by atoms with Crippen LogP contribution in [-0.4, -0.2) is 39.1 Å². The normalized spacial score (nSPS) is 11.7. The monoisotopic (exact) mass is 371 g/mol. The zero-order valence-corrected chi connectivity index (χ0v) is 16.7. The van der Waals surface area contributed by atoms with Gasteiger partial charge >= 0.3 is 10.1 Å². The second kappa shape index (κ2) is 9.08. The van der Waals surface area contributed by atoms with Gasteiger partial charge in [0, 0.05) is 19.5 Å². The summed E-state index contributed by atoms with van der Waals surface area (Å²) in [5, 5.41) is 0. The van der Waals surface area contributed by atoms with Gasteiger partial charge in [-0.2, -0.15) is 8.42 Å². The molecule has 0 heterocycles. The number of nitrogens with zero attached hydrogens (tertiary/aromatic N) is 1. The highest BCUT2D eigenvalue weighted by molar-refractivity contribution is 7.86. The van der Waals surface area contributed by atoms with Gasteiger partial charge in [0.05, 0.1) is 13.4 Å². The van der Waals surface area contributed by atoms with Crippen LogP contribution in [0.15, 0.2) is 18.2 Å². The Morgan fingerprint density at radius 1 is 1.12 bits per heavy atom. The van der Waals surface area contributed by atoms with Crippen LogP contribution in [0.3, 0.4) is 0 Å². The van der Waals surface area contributed by atoms with Gasteiger partial charge in [0.25, 0.3) is 0 Å². The first-order valence-electron chi connectivity index (χ1n) is 8.36. The summed E-state index contributed by atoms with van der Waals surface area (Å²) in [4.78, 5) is 14.3. The number of carbonyl (C=O) groups is 1. The van der Waals surface area contributed by atoms with Crippen LogP contribution in [0, 0.1) is 11.8 Å². The second-order valence-corrected chi connectivity index (χ2v) is 8.61. The van der Waals surface area contributed by atoms with E-state index in [1.165, 1.54) is 7.11 Å². The summed E-state index contributed by atoms with van der Waals surface area (Å²) >= 11 is 0. The smallest absolute Gasteiger partial charge is 0.306 e. The molecule has 1 aromatic carbocycles. The number of hydrogen-bond donors (Lipinski definition) is 0. The van der Waals surface area contributed by atoms with Gasteiger partial charge in [-0.25, -0.2) is 0 Å². The van der Waals surface area contributed by atoms with Crippen molar-refractivity contribution in [2.45, 2.75) is 40.7 Å². The number of methoxy groups -OCH3 is 1. The third-order valence-corrected chi connectivity index (χ3v) is 3.85. The fourth-order valence-electron chi connectivity index (χ4n) is 2.44. The largest absolute Gasteiger partial charge is 0.493 e. The minimum atomic E-state index is -3.67. The van der Waals surface area contributed by atoms with E-state index in [-0.39, 0.29) is 17.6 Å². The van der Waals surface area contributed by atoms with Gasteiger partial charge in [-0.15, -0.1) is 0 Å². The van der Waals surface area contributed by atoms with Gasteiger partial charge in [0.1, 0.15) is 0 Å². The predicted octanol–water partition coefficient (Wildman–Crippen LogP) is 3.06. The Labute approximate surface area is 151 Å². The van der Waals surface area contributed by atoms with Gasteiger partial charge < -0.3 is 13.8 Å². The maximum atomic E-state index is 12.5. The van der Waals surface area contributed by atoms with E-state index in [2.05, 4.69) is 13.8 Å². The molecule has 0 N–H and O–H groups in total. The van der Waals surface area contributed by atoms with Crippen molar-refractivity contribution in [3.8, 4) is 11.5 Å². The fraction of sp³-hybridized carbons (Fsp3) is 0.611. The number of ether oxygens (including phenoxy) is 1. The molecular formula is C18H29NO5S. The van der Waals surface area contributed by atoms with Crippen LogP contribution in [0.25, 0.3) is 0 Å². The zero-order valence-electron chi connectivity index (χ0n) is 15.9. The minimum Gasteiger partial charge on any atom is -0.493 e. The van der Waals surface area contributed by atoms with E-state index >= 15 is 0 Å². The quantitative estimate of drug-likeness (QED) is 0.624. The van der Waals surface area contributed by atoms with Crippen LogP contribution < -0.4 is 8.92 Å². The Balaban J connectivity index is 3.07. The summed E-state index contributed by atoms with van der Waals surface area (Å²) in [5.41, 5.74) is 0.789. The van der Waals surface area contributed by atoms with Crippen LogP contribution in [0.5, 0.6) is 11.5 Å². The molecule has 0 aliphatic rings. The van der Waals surface area contributed by atoms with Crippen LogP contribution in [0.1, 0.15) is 39.7 Å². The Hall–Kier alpha value is -1.76. The van der Waals surface area contributed by atoms with E-state index in [0.29, 0.717) is 31.2 Å². The van der Waals surface area contributed by atoms with Crippen molar-refractivity contribution < 1.29 is 22.1 Å². The van der Waals surface area contributed by atoms with Crippen molar-refractivity contribution in [1.29, 1.82) is 0 Å². The minimum absolute atomic E-state index is 0.0881. The molecule has 1 amide bonds. The second-order valence-electron chi connectivity index (χ2n) is 7.04. The molecule has 0 bridgehead atoms. The van der Waals surface area contributed by atoms with Crippen molar-refractivity contribution >= 4 is 16.0 Å². The molecule has 142 valence electrons. The van der Waals surface area contributed by atoms with Crippen LogP contribution in [0.4, 0.5) is 0 Å². The summed E-state index contributed by atoms with van der Waals surface area (Å²) in [6.07, 6.45) is 1.46. The van der Waals surface area contributed by atoms with Crippen LogP contribution in [0.2, 0.25) is 0 Å². The molecule has 0 unspecified atom stereocenters. The fourth-order valence-corrected chi connectivity index (χ4v) is 2.90. The highest BCUT2D eigenvalue weighted by atomic mass is 32.2. The molecule has 0 spiro atoms. The first-order valence-corrected chi connectivity index (χ1v) is 10.2. The number of carbonyl (C=O) groups excluding carboxylic acids is 1. The van der Waals surface area contributed by atoms with Crippen molar-refractivity contribution in [2.24, 2.45) is 11.8 Å². The Morgan fingerprint density at radius 2 is 1.76 bits per heavy atom. The SMILES string of the molecule is COc1ccc(CN(CC(C)C)C(=O)CC(C)C)cc1OS(C)(=O)=O. The lowest BCUT2D eigenvalue weighted by atomic mass is 10.1. The molecule has 0 aliphatic carbocycles. The van der Waals surface area contributed by atoms with Gasteiger partial charge in [-0.05, 0) is 29.5 Å². The molecule has 0 fully saturated rings. The molecule has 1 aromatic rings. The van der Waals surface area contributed by atoms with E-state index in [1.54, 1.807) is 17.0 Å². The summed E-state index contributed by atoms with van der Waals surface area (Å²) in [7, 11) is -2.22. The lowest BCUT2D eigenvalue weighted by Crippen LogP contribution is -2.34. The van der Waals surface area contributed by atoms with Gasteiger partial charge in [-0.1, -0.05) is 33.8 Å². The molecule has 0 saturated carbocycles. The maximum absolute atomic E-state index is 12.5. The average molecular weight is 371 g/mol. The van der Waals surface area contributed by atoms with Crippen molar-refractivity contribution in [3.63, 3.8) is 0 Å². The first kappa shape index (κ1) is 21.3. The first-order chi connectivity index (χ1) is 11.5. The lowest BCUT2D eigenvalue weighted by molar-refractivity contribution is -0.133. The van der Waals surface area contributed by atoms with Crippen molar-refractivity contribution in [2.75, 3.05) is 19.9 Å². The molecule has 0 aromatic heterocycles. The van der Waals surface area contributed by atoms with Crippen LogP contribution >= 0.6 is 0 Å². The van der Waals surface area contributed by atoms with Gasteiger partial charge in [0.2, 0.25) is 5.91 Å². The highest BCUT2D eigenvalue weighted by Crippen LogP contribution is 2.30. The van der Waals surface area contributed by atoms with E-state index in [1.807, 2.05) is 19.9 Å². The molecule has 25 heavy (non-hydrogen) atoms. The lowest BCUT2D eigenvalue weighted by Gasteiger charge is -2.26. The highest BCUT2D eigenvalue weighted by Gasteiger charge is 2.18. The van der Waals surface area contributed by atoms with Crippen molar-refractivity contribution in [1.82, 2.24) is 4.90 Å². The molecule has 0 radical (unpaired) electrons. The molecule has 7 heteroatoms. The third kappa shape index (κ3) is 7.77. The molecule has 0 aliphatic heterocycles. The van der Waals surface area contributed by atoms with Gasteiger partial charge in [0.15, 0.2) is 11.5 Å². The maximum Gasteiger partial charge on any atom is 0.306 e. The van der Waals surface area contributed by atoms with Gasteiger partial charge in [-0.3, -0.25) is 4.79 Å². The average Bonchev–Trinajstić information content (AvgIpc) is 2.44. The summed E-state index contributed by atoms with van der Waals surface area (Å²) in [6, 6.07) is 5.07. The summed E-state index contributed by atoms with van der Waals surface area (Å²) < 4.78 is 33.0. The molecule has 6 nitrogen and oxygen atoms in total. The standard InChI is InChI=1S/C18H29NO5S/c1-13(2)9-18(20)19(11-14(3)4)12-15-7-8-16(23-5)17(10-15)24-25(6,21)22/h7-8,10,13-14H,9,11-12H2,1-6H3. The molecule has 0 saturated heterocycles. The van der Waals surface area contributed by atoms with E-state index in [4.69, 9.17) is 8.92 Å². The predicted molar refractivity (Wildman–Crippen MR) is 98.2 cm³/mol. The van der Waals surface area contributed by atoms with E-state index < -0.39 is 10.1 Å². The number of hydrogen-bond acceptors (Lipinski definition) is 5. The Bertz CT molecular complexity index is 683. The number of benzene rings is 1. The summed E-state index contributed by atoms with van der Waals surface area (Å²) in [6.45, 7) is 9.17. The third-order valence-electron chi connectivity index (χ3n) is 3.36. The van der Waals surface area contributed by atoms with Crippen molar-refractivity contribution in [3.05, 3.63) is 23.8 Å². The van der Waals surface area contributed by atoms with E-state index in [0.717, 1.165) is 11.8 Å². The summed E-state index contributed by atoms with van der Waals surface area (Å²) in [5.74, 6) is 1.16. The topological polar surface area (TPSA) is 72.9 Å². The number of rotatable bonds is 9. The molecule has 1 rings (SSSR count).